The van der Waals surface area contributed by atoms with Crippen LogP contribution in [0.15, 0.2) is 54.6 Å². The molecule has 0 radical (unpaired) electrons. The largest absolute Gasteiger partial charge is 0.479 e. The Morgan fingerprint density at radius 1 is 0.709 bits per heavy atom. The van der Waals surface area contributed by atoms with E-state index < -0.39 is 130 Å². The summed E-state index contributed by atoms with van der Waals surface area (Å²) in [6.45, 7) is -1.37. The SMILES string of the molecule is CC(=O)NC1C(O[C@@H]2OC(CO)[C@H](O)C(O)C2O)[C@@H](O)C(CO)O[C@H]1O[C@H]1C(CO)O[C@@H](Oc2ccc(I)cc2)C(O)C1O[C@@H](Cc1ccccc1)C(=O)O. The number of carbonyl (C=O) groups is 2. The zero-order valence-corrected chi connectivity index (χ0v) is 31.5. The Balaban J connectivity index is 1.49. The molecular weight excluding hydrogens is 849 g/mol. The van der Waals surface area contributed by atoms with E-state index in [9.17, 15) is 55.5 Å². The number of carboxylic acid groups (broad SMARTS) is 1. The number of halogens is 1. The fourth-order valence-electron chi connectivity index (χ4n) is 6.54. The first kappa shape index (κ1) is 43.5. The van der Waals surface area contributed by atoms with Gasteiger partial charge in [0.1, 0.15) is 78.9 Å². The highest BCUT2D eigenvalue weighted by Crippen LogP contribution is 2.35. The summed E-state index contributed by atoms with van der Waals surface area (Å²) < 4.78 is 42.3. The van der Waals surface area contributed by atoms with Crippen molar-refractivity contribution in [2.75, 3.05) is 19.8 Å². The molecule has 0 aliphatic carbocycles. The maximum atomic E-state index is 12.6. The summed E-state index contributed by atoms with van der Waals surface area (Å²) in [5.74, 6) is -1.86. The lowest BCUT2D eigenvalue weighted by Crippen LogP contribution is -2.70. The number of aliphatic hydroxyl groups excluding tert-OH is 8. The van der Waals surface area contributed by atoms with Gasteiger partial charge in [-0.1, -0.05) is 30.3 Å². The van der Waals surface area contributed by atoms with Crippen molar-refractivity contribution in [3.8, 4) is 5.75 Å². The fraction of sp³-hybridized carbons (Fsp3) is 0.600. The molecular formula is C35H46INO18. The van der Waals surface area contributed by atoms with Crippen molar-refractivity contribution in [2.24, 2.45) is 0 Å². The van der Waals surface area contributed by atoms with Crippen molar-refractivity contribution in [2.45, 2.75) is 112 Å². The van der Waals surface area contributed by atoms with Crippen LogP contribution < -0.4 is 10.1 Å². The van der Waals surface area contributed by atoms with Gasteiger partial charge in [-0.2, -0.15) is 0 Å². The maximum absolute atomic E-state index is 12.6. The van der Waals surface area contributed by atoms with Crippen molar-refractivity contribution in [1.82, 2.24) is 5.32 Å². The number of ether oxygens (including phenoxy) is 7. The predicted molar refractivity (Wildman–Crippen MR) is 191 cm³/mol. The average Bonchev–Trinajstić information content (AvgIpc) is 3.16. The number of amides is 1. The second-order valence-electron chi connectivity index (χ2n) is 13.2. The molecule has 5 rings (SSSR count). The van der Waals surface area contributed by atoms with E-state index in [1.165, 1.54) is 0 Å². The van der Waals surface area contributed by atoms with Crippen molar-refractivity contribution in [1.29, 1.82) is 0 Å². The molecule has 2 aromatic rings. The highest BCUT2D eigenvalue weighted by atomic mass is 127. The van der Waals surface area contributed by atoms with Crippen LogP contribution in [0.25, 0.3) is 0 Å². The standard InChI is InChI=1S/C35H46INO18/c1-15(41)37-23-30(55-34-27(45)26(44)24(42)20(12-38)52-34)25(43)21(13-39)51-33(23)54-29-22(14-40)53-35(49-18-9-7-17(36)8-10-18)28(46)31(29)50-19(32(47)48)11-16-5-3-2-4-6-16/h2-10,19-31,33-35,38-40,42-46H,11-14H2,1H3,(H,37,41)(H,47,48)/t19-,20?,21?,22?,23?,24-,25-,26?,27?,28?,29-,30?,31?,33-,34-,35+/m0/s1. The Hall–Kier alpha value is -2.65. The van der Waals surface area contributed by atoms with E-state index in [0.29, 0.717) is 5.56 Å². The molecule has 55 heavy (non-hydrogen) atoms. The van der Waals surface area contributed by atoms with Gasteiger partial charge in [-0.25, -0.2) is 4.79 Å². The molecule has 3 aliphatic rings. The third-order valence-electron chi connectivity index (χ3n) is 9.38. The van der Waals surface area contributed by atoms with Gasteiger partial charge in [0, 0.05) is 16.9 Å². The smallest absolute Gasteiger partial charge is 0.333 e. The molecule has 3 aliphatic heterocycles. The first-order chi connectivity index (χ1) is 26.3. The molecule has 0 aromatic heterocycles. The fourth-order valence-corrected chi connectivity index (χ4v) is 6.90. The van der Waals surface area contributed by atoms with Crippen LogP contribution >= 0.6 is 22.6 Å². The first-order valence-electron chi connectivity index (χ1n) is 17.4. The summed E-state index contributed by atoms with van der Waals surface area (Å²) in [6, 6.07) is 13.6. The van der Waals surface area contributed by atoms with Crippen molar-refractivity contribution in [3.05, 3.63) is 63.7 Å². The molecule has 2 aromatic carbocycles. The molecule has 0 saturated carbocycles. The second kappa shape index (κ2) is 19.7. The Morgan fingerprint density at radius 3 is 1.89 bits per heavy atom. The molecule has 3 saturated heterocycles. The van der Waals surface area contributed by atoms with Crippen LogP contribution in [0.3, 0.4) is 0 Å². The maximum Gasteiger partial charge on any atom is 0.333 e. The molecule has 19 nitrogen and oxygen atoms in total. The number of carboxylic acids is 1. The third kappa shape index (κ3) is 10.5. The number of aliphatic carboxylic acids is 1. The van der Waals surface area contributed by atoms with Crippen LogP contribution in [0.5, 0.6) is 5.75 Å². The van der Waals surface area contributed by atoms with Crippen LogP contribution in [0, 0.1) is 3.57 Å². The van der Waals surface area contributed by atoms with Crippen molar-refractivity contribution >= 4 is 34.5 Å². The van der Waals surface area contributed by atoms with Gasteiger partial charge < -0.3 is 84.4 Å². The molecule has 0 spiro atoms. The topological polar surface area (TPSA) is 293 Å². The third-order valence-corrected chi connectivity index (χ3v) is 10.1. The number of aliphatic hydroxyl groups is 8. The van der Waals surface area contributed by atoms with Gasteiger partial charge in [0.05, 0.1) is 19.8 Å². The molecule has 0 bridgehead atoms. The van der Waals surface area contributed by atoms with Crippen molar-refractivity contribution in [3.63, 3.8) is 0 Å². The Bertz CT molecular complexity index is 1520. The van der Waals surface area contributed by atoms with E-state index in [4.69, 9.17) is 33.2 Å². The second-order valence-corrected chi connectivity index (χ2v) is 14.5. The van der Waals surface area contributed by atoms with Crippen LogP contribution in [0.1, 0.15) is 12.5 Å². The van der Waals surface area contributed by atoms with Gasteiger partial charge in [0.25, 0.3) is 0 Å². The zero-order valence-electron chi connectivity index (χ0n) is 29.3. The molecule has 3 fully saturated rings. The highest BCUT2D eigenvalue weighted by molar-refractivity contribution is 14.1. The minimum atomic E-state index is -1.93. The van der Waals surface area contributed by atoms with E-state index >= 15 is 0 Å². The van der Waals surface area contributed by atoms with E-state index in [0.717, 1.165) is 10.5 Å². The summed E-state index contributed by atoms with van der Waals surface area (Å²) >= 11 is 2.09. The normalized spacial score (nSPS) is 37.2. The van der Waals surface area contributed by atoms with Gasteiger partial charge in [-0.05, 0) is 52.4 Å². The molecule has 10 N–H and O–H groups in total. The molecule has 306 valence electrons. The number of nitrogens with one attached hydrogen (secondary N) is 1. The van der Waals surface area contributed by atoms with E-state index in [1.54, 1.807) is 54.6 Å². The Kier molecular flexibility index (Phi) is 15.5. The quantitative estimate of drug-likeness (QED) is 0.0797. The summed E-state index contributed by atoms with van der Waals surface area (Å²) in [6.07, 6.45) is -25.3. The molecule has 20 heteroatoms. The monoisotopic (exact) mass is 895 g/mol. The van der Waals surface area contributed by atoms with E-state index in [1.807, 2.05) is 0 Å². The minimum absolute atomic E-state index is 0.165. The highest BCUT2D eigenvalue weighted by Gasteiger charge is 2.55. The summed E-state index contributed by atoms with van der Waals surface area (Å²) in [4.78, 5) is 25.2. The Labute approximate surface area is 328 Å². The zero-order chi connectivity index (χ0) is 40.0. The molecule has 16 atom stereocenters. The van der Waals surface area contributed by atoms with Crippen molar-refractivity contribution < 1.29 is 88.7 Å². The Morgan fingerprint density at radius 2 is 1.29 bits per heavy atom. The lowest BCUT2D eigenvalue weighted by atomic mass is 9.94. The number of rotatable bonds is 15. The molecule has 9 unspecified atom stereocenters. The van der Waals surface area contributed by atoms with Crippen LogP contribution in [0.4, 0.5) is 0 Å². The number of benzene rings is 2. The van der Waals surface area contributed by atoms with Crippen LogP contribution in [0.2, 0.25) is 0 Å². The van der Waals surface area contributed by atoms with Crippen LogP contribution in [-0.4, -0.2) is 176 Å². The van der Waals surface area contributed by atoms with Crippen LogP contribution in [-0.2, 0) is 44.4 Å². The summed E-state index contributed by atoms with van der Waals surface area (Å²) in [5.41, 5.74) is 0.577. The van der Waals surface area contributed by atoms with Gasteiger partial charge in [-0.3, -0.25) is 4.79 Å². The predicted octanol–water partition coefficient (Wildman–Crippen LogP) is -3.02. The summed E-state index contributed by atoms with van der Waals surface area (Å²) in [7, 11) is 0. The average molecular weight is 896 g/mol. The molecule has 3 heterocycles. The number of hydrogen-bond donors (Lipinski definition) is 10. The molecule has 1 amide bonds. The van der Waals surface area contributed by atoms with Gasteiger partial charge in [-0.15, -0.1) is 0 Å². The van der Waals surface area contributed by atoms with Gasteiger partial charge in [0.2, 0.25) is 12.2 Å². The van der Waals surface area contributed by atoms with Gasteiger partial charge in [0.15, 0.2) is 18.7 Å². The number of hydrogen-bond acceptors (Lipinski definition) is 17. The first-order valence-corrected chi connectivity index (χ1v) is 18.5. The van der Waals surface area contributed by atoms with E-state index in [2.05, 4.69) is 27.9 Å². The van der Waals surface area contributed by atoms with E-state index in [-0.39, 0.29) is 12.2 Å². The summed E-state index contributed by atoms with van der Waals surface area (Å²) in [5, 5.41) is 97.6. The lowest BCUT2D eigenvalue weighted by molar-refractivity contribution is -0.364. The van der Waals surface area contributed by atoms with Gasteiger partial charge >= 0.3 is 5.97 Å². The lowest BCUT2D eigenvalue weighted by Gasteiger charge is -2.50. The number of carbonyl (C=O) groups excluding carboxylic acids is 1. The minimum Gasteiger partial charge on any atom is -0.479 e.